The monoisotopic (exact) mass is 286 g/mol. The third-order valence-corrected chi connectivity index (χ3v) is 4.39. The lowest BCUT2D eigenvalue weighted by atomic mass is 9.93. The summed E-state index contributed by atoms with van der Waals surface area (Å²) in [7, 11) is 0. The number of likely N-dealkylation sites (tertiary alicyclic amines) is 1. The Labute approximate surface area is 125 Å². The molecule has 2 aromatic rings. The van der Waals surface area contributed by atoms with Crippen LogP contribution in [0, 0.1) is 5.92 Å². The molecule has 0 bridgehead atoms. The molecule has 0 amide bonds. The van der Waals surface area contributed by atoms with Gasteiger partial charge in [-0.2, -0.15) is 0 Å². The molecule has 1 saturated heterocycles. The maximum atomic E-state index is 10.8. The first-order chi connectivity index (χ1) is 10.2. The lowest BCUT2D eigenvalue weighted by Crippen LogP contribution is -2.40. The summed E-state index contributed by atoms with van der Waals surface area (Å²) in [6, 6.07) is 4.21. The number of piperidine rings is 1. The minimum Gasteiger partial charge on any atom is -0.301 e. The topological polar surface area (TPSA) is 50.5 Å². The van der Waals surface area contributed by atoms with Crippen LogP contribution in [-0.4, -0.2) is 44.9 Å². The Morgan fingerprint density at radius 2 is 2.29 bits per heavy atom. The van der Waals surface area contributed by atoms with E-state index in [0.717, 1.165) is 30.7 Å². The summed E-state index contributed by atoms with van der Waals surface area (Å²) in [6.07, 6.45) is 6.21. The highest BCUT2D eigenvalue weighted by atomic mass is 16.1. The van der Waals surface area contributed by atoms with Crippen molar-refractivity contribution in [1.29, 1.82) is 0 Å². The van der Waals surface area contributed by atoms with Gasteiger partial charge in [0.25, 0.3) is 0 Å². The van der Waals surface area contributed by atoms with E-state index in [0.29, 0.717) is 17.5 Å². The van der Waals surface area contributed by atoms with Gasteiger partial charge in [-0.15, -0.1) is 10.2 Å². The van der Waals surface area contributed by atoms with Crippen molar-refractivity contribution in [3.63, 3.8) is 0 Å². The predicted molar refractivity (Wildman–Crippen MR) is 81.5 cm³/mol. The van der Waals surface area contributed by atoms with Gasteiger partial charge in [-0.05, 0) is 51.3 Å². The summed E-state index contributed by atoms with van der Waals surface area (Å²) in [5, 5.41) is 8.50. The van der Waals surface area contributed by atoms with Crippen molar-refractivity contribution in [3.8, 4) is 0 Å². The highest BCUT2D eigenvalue weighted by Crippen LogP contribution is 2.22. The molecule has 21 heavy (non-hydrogen) atoms. The molecule has 3 heterocycles. The number of fused-ring (bicyclic) bond motifs is 1. The molecule has 0 aromatic carbocycles. The summed E-state index contributed by atoms with van der Waals surface area (Å²) in [4.78, 5) is 13.4. The van der Waals surface area contributed by atoms with Gasteiger partial charge < -0.3 is 4.90 Å². The Morgan fingerprint density at radius 3 is 3.05 bits per heavy atom. The van der Waals surface area contributed by atoms with Gasteiger partial charge >= 0.3 is 0 Å². The third-order valence-electron chi connectivity index (χ3n) is 4.39. The van der Waals surface area contributed by atoms with Gasteiger partial charge in [0.05, 0.1) is 0 Å². The largest absolute Gasteiger partial charge is 0.301 e. The van der Waals surface area contributed by atoms with Crippen molar-refractivity contribution < 1.29 is 4.79 Å². The molecule has 3 rings (SSSR count). The average molecular weight is 286 g/mol. The van der Waals surface area contributed by atoms with Crippen LogP contribution in [0.3, 0.4) is 0 Å². The molecular weight excluding hydrogens is 264 g/mol. The number of carbonyl (C=O) groups excluding carboxylic acids is 1. The van der Waals surface area contributed by atoms with E-state index in [2.05, 4.69) is 28.9 Å². The van der Waals surface area contributed by atoms with E-state index in [4.69, 9.17) is 0 Å². The van der Waals surface area contributed by atoms with E-state index in [-0.39, 0.29) is 0 Å². The summed E-state index contributed by atoms with van der Waals surface area (Å²) in [6.45, 7) is 6.86. The minimum absolute atomic E-state index is 0.609. The van der Waals surface area contributed by atoms with Crippen molar-refractivity contribution in [1.82, 2.24) is 19.5 Å². The zero-order valence-corrected chi connectivity index (χ0v) is 12.7. The fourth-order valence-corrected chi connectivity index (χ4v) is 3.16. The zero-order valence-electron chi connectivity index (χ0n) is 12.7. The molecular formula is C16H22N4O. The third kappa shape index (κ3) is 2.97. The molecule has 5 heteroatoms. The zero-order chi connectivity index (χ0) is 14.8. The number of nitrogens with zero attached hydrogens (tertiary/aromatic N) is 4. The Bertz CT molecular complexity index is 634. The normalized spacial score (nSPS) is 20.2. The summed E-state index contributed by atoms with van der Waals surface area (Å²) in [5.74, 6) is 1.64. The first kappa shape index (κ1) is 14.2. The molecule has 1 unspecified atom stereocenters. The van der Waals surface area contributed by atoms with Crippen LogP contribution in [0.2, 0.25) is 0 Å². The van der Waals surface area contributed by atoms with Crippen LogP contribution in [-0.2, 0) is 6.42 Å². The standard InChI is InChI=1S/C16H22N4O/c1-12(2)19-6-3-4-13(10-19)8-15-17-18-16-9-14(11-21)5-7-20(15)16/h5,7,9,11-13H,3-4,6,8,10H2,1-2H3. The second-order valence-corrected chi connectivity index (χ2v) is 6.22. The minimum atomic E-state index is 0.609. The van der Waals surface area contributed by atoms with E-state index in [1.807, 2.05) is 16.7 Å². The van der Waals surface area contributed by atoms with Crippen LogP contribution < -0.4 is 0 Å². The first-order valence-electron chi connectivity index (χ1n) is 7.70. The van der Waals surface area contributed by atoms with Crippen molar-refractivity contribution in [2.75, 3.05) is 13.1 Å². The second kappa shape index (κ2) is 5.93. The van der Waals surface area contributed by atoms with E-state index in [9.17, 15) is 4.79 Å². The number of hydrogen-bond acceptors (Lipinski definition) is 4. The molecule has 0 N–H and O–H groups in total. The summed E-state index contributed by atoms with van der Waals surface area (Å²) < 4.78 is 2.00. The highest BCUT2D eigenvalue weighted by Gasteiger charge is 2.23. The average Bonchev–Trinajstić information content (AvgIpc) is 2.89. The summed E-state index contributed by atoms with van der Waals surface area (Å²) in [5.41, 5.74) is 1.40. The first-order valence-corrected chi connectivity index (χ1v) is 7.70. The van der Waals surface area contributed by atoms with Crippen LogP contribution in [0.5, 0.6) is 0 Å². The fourth-order valence-electron chi connectivity index (χ4n) is 3.16. The number of rotatable bonds is 4. The number of aromatic nitrogens is 3. The Balaban J connectivity index is 1.77. The molecule has 1 aliphatic heterocycles. The molecule has 0 radical (unpaired) electrons. The molecule has 1 aliphatic rings. The molecule has 0 saturated carbocycles. The van der Waals surface area contributed by atoms with Crippen molar-refractivity contribution in [2.45, 2.75) is 39.2 Å². The number of carbonyl (C=O) groups is 1. The van der Waals surface area contributed by atoms with Gasteiger partial charge in [-0.25, -0.2) is 0 Å². The Hall–Kier alpha value is -1.75. The van der Waals surface area contributed by atoms with Gasteiger partial charge in [-0.1, -0.05) is 0 Å². The predicted octanol–water partition coefficient (Wildman–Crippen LogP) is 2.20. The SMILES string of the molecule is CC(C)N1CCCC(Cc2nnc3cc(C=O)ccn23)C1. The van der Waals surface area contributed by atoms with Gasteiger partial charge in [0.1, 0.15) is 12.1 Å². The van der Waals surface area contributed by atoms with E-state index < -0.39 is 0 Å². The number of pyridine rings is 1. The summed E-state index contributed by atoms with van der Waals surface area (Å²) >= 11 is 0. The second-order valence-electron chi connectivity index (χ2n) is 6.22. The van der Waals surface area contributed by atoms with Gasteiger partial charge in [0.2, 0.25) is 0 Å². The molecule has 5 nitrogen and oxygen atoms in total. The maximum Gasteiger partial charge on any atom is 0.161 e. The van der Waals surface area contributed by atoms with Crippen LogP contribution in [0.15, 0.2) is 18.3 Å². The number of hydrogen-bond donors (Lipinski definition) is 0. The van der Waals surface area contributed by atoms with Gasteiger partial charge in [0.15, 0.2) is 5.65 Å². The Morgan fingerprint density at radius 1 is 1.43 bits per heavy atom. The molecule has 1 atom stereocenters. The van der Waals surface area contributed by atoms with E-state index in [1.165, 1.54) is 19.4 Å². The van der Waals surface area contributed by atoms with Crippen molar-refractivity contribution >= 4 is 11.9 Å². The van der Waals surface area contributed by atoms with E-state index >= 15 is 0 Å². The molecule has 0 spiro atoms. The fraction of sp³-hybridized carbons (Fsp3) is 0.562. The lowest BCUT2D eigenvalue weighted by molar-refractivity contribution is 0.112. The molecule has 112 valence electrons. The van der Waals surface area contributed by atoms with Crippen LogP contribution in [0.1, 0.15) is 42.9 Å². The molecule has 2 aromatic heterocycles. The molecule has 1 fully saturated rings. The smallest absolute Gasteiger partial charge is 0.161 e. The number of aldehydes is 1. The molecule has 0 aliphatic carbocycles. The van der Waals surface area contributed by atoms with E-state index in [1.54, 1.807) is 6.07 Å². The van der Waals surface area contributed by atoms with Gasteiger partial charge in [-0.3, -0.25) is 9.20 Å². The quantitative estimate of drug-likeness (QED) is 0.809. The van der Waals surface area contributed by atoms with Crippen molar-refractivity contribution in [2.24, 2.45) is 5.92 Å². The van der Waals surface area contributed by atoms with Gasteiger partial charge in [0, 0.05) is 30.8 Å². The van der Waals surface area contributed by atoms with Crippen LogP contribution in [0.25, 0.3) is 5.65 Å². The Kier molecular flexibility index (Phi) is 4.01. The van der Waals surface area contributed by atoms with Crippen LogP contribution >= 0.6 is 0 Å². The van der Waals surface area contributed by atoms with Crippen LogP contribution in [0.4, 0.5) is 0 Å². The van der Waals surface area contributed by atoms with Crippen molar-refractivity contribution in [3.05, 3.63) is 29.7 Å². The lowest BCUT2D eigenvalue weighted by Gasteiger charge is -2.35. The highest BCUT2D eigenvalue weighted by molar-refractivity contribution is 5.76. The maximum absolute atomic E-state index is 10.8.